The molecule has 1 nitrogen and oxygen atoms in total. The van der Waals surface area contributed by atoms with Gasteiger partial charge in [0.15, 0.2) is 0 Å². The molecule has 1 N–H and O–H groups in total. The van der Waals surface area contributed by atoms with E-state index < -0.39 is 0 Å². The van der Waals surface area contributed by atoms with Crippen molar-refractivity contribution >= 4 is 38.9 Å². The number of halogens is 2. The molecule has 1 aromatic rings. The normalized spacial score (nSPS) is 19.7. The van der Waals surface area contributed by atoms with Gasteiger partial charge in [-0.05, 0) is 41.4 Å². The first-order valence-corrected chi connectivity index (χ1v) is 8.81. The third-order valence-corrected chi connectivity index (χ3v) is 6.49. The highest BCUT2D eigenvalue weighted by Crippen LogP contribution is 2.38. The predicted molar refractivity (Wildman–Crippen MR) is 84.6 cm³/mol. The van der Waals surface area contributed by atoms with Gasteiger partial charge in [-0.3, -0.25) is 0 Å². The summed E-state index contributed by atoms with van der Waals surface area (Å²) in [5.41, 5.74) is 0. The third-order valence-electron chi connectivity index (χ3n) is 3.90. The summed E-state index contributed by atoms with van der Waals surface area (Å²) in [4.78, 5) is 1.36. The third kappa shape index (κ3) is 3.96. The first kappa shape index (κ1) is 14.8. The lowest BCUT2D eigenvalue weighted by Crippen LogP contribution is -2.19. The van der Waals surface area contributed by atoms with Crippen LogP contribution in [0.5, 0.6) is 0 Å². The molecule has 4 heteroatoms. The van der Waals surface area contributed by atoms with Crippen molar-refractivity contribution in [2.45, 2.75) is 51.0 Å². The van der Waals surface area contributed by atoms with E-state index in [0.29, 0.717) is 6.04 Å². The van der Waals surface area contributed by atoms with Crippen LogP contribution in [-0.2, 0) is 0 Å². The standard InChI is InChI=1S/C14H21BrClNS/c1-17-12(13-9-11(15)14(16)18-13)8-10-6-4-2-3-5-7-10/h9-10,12,17H,2-8H2,1H3. The van der Waals surface area contributed by atoms with Gasteiger partial charge < -0.3 is 5.32 Å². The molecule has 1 aromatic heterocycles. The molecule has 1 atom stereocenters. The first-order valence-electron chi connectivity index (χ1n) is 6.82. The summed E-state index contributed by atoms with van der Waals surface area (Å²) in [5.74, 6) is 0.879. The minimum atomic E-state index is 0.460. The highest BCUT2D eigenvalue weighted by Gasteiger charge is 2.20. The fourth-order valence-electron chi connectivity index (χ4n) is 2.84. The number of thiophene rings is 1. The van der Waals surface area contributed by atoms with E-state index in [0.717, 1.165) is 14.7 Å². The molecule has 1 heterocycles. The Morgan fingerprint density at radius 3 is 2.56 bits per heavy atom. The molecule has 0 aliphatic heterocycles. The van der Waals surface area contributed by atoms with Gasteiger partial charge in [0, 0.05) is 15.4 Å². The summed E-state index contributed by atoms with van der Waals surface area (Å²) in [6, 6.07) is 2.63. The number of hydrogen-bond donors (Lipinski definition) is 1. The Kier molecular flexibility index (Phi) is 5.99. The summed E-state index contributed by atoms with van der Waals surface area (Å²) < 4.78 is 1.90. The summed E-state index contributed by atoms with van der Waals surface area (Å²) in [6.45, 7) is 0. The Bertz CT molecular complexity index is 352. The number of hydrogen-bond acceptors (Lipinski definition) is 2. The smallest absolute Gasteiger partial charge is 0.107 e. The summed E-state index contributed by atoms with van der Waals surface area (Å²) >= 11 is 11.3. The molecule has 102 valence electrons. The van der Waals surface area contributed by atoms with Crippen LogP contribution < -0.4 is 5.32 Å². The maximum atomic E-state index is 6.14. The average Bonchev–Trinajstić information content (AvgIpc) is 2.59. The highest BCUT2D eigenvalue weighted by molar-refractivity contribution is 9.10. The van der Waals surface area contributed by atoms with Gasteiger partial charge in [-0.25, -0.2) is 0 Å². The topological polar surface area (TPSA) is 12.0 Å². The van der Waals surface area contributed by atoms with E-state index in [1.54, 1.807) is 11.3 Å². The monoisotopic (exact) mass is 349 g/mol. The SMILES string of the molecule is CNC(CC1CCCCCC1)c1cc(Br)c(Cl)s1. The van der Waals surface area contributed by atoms with Gasteiger partial charge >= 0.3 is 0 Å². The molecule has 0 bridgehead atoms. The van der Waals surface area contributed by atoms with Crippen LogP contribution in [0.2, 0.25) is 4.34 Å². The average molecular weight is 351 g/mol. The van der Waals surface area contributed by atoms with E-state index in [1.807, 2.05) is 0 Å². The van der Waals surface area contributed by atoms with Crippen molar-refractivity contribution in [2.75, 3.05) is 7.05 Å². The molecule has 0 saturated heterocycles. The minimum Gasteiger partial charge on any atom is -0.312 e. The minimum absolute atomic E-state index is 0.460. The van der Waals surface area contributed by atoms with Crippen LogP contribution in [0.1, 0.15) is 55.9 Å². The first-order chi connectivity index (χ1) is 8.70. The zero-order valence-corrected chi connectivity index (χ0v) is 14.0. The van der Waals surface area contributed by atoms with Crippen LogP contribution in [0.3, 0.4) is 0 Å². The molecule has 0 amide bonds. The van der Waals surface area contributed by atoms with Crippen LogP contribution in [0.25, 0.3) is 0 Å². The van der Waals surface area contributed by atoms with Crippen molar-refractivity contribution in [3.8, 4) is 0 Å². The molecule has 0 radical (unpaired) electrons. The van der Waals surface area contributed by atoms with Crippen molar-refractivity contribution in [3.05, 3.63) is 19.8 Å². The molecule has 0 spiro atoms. The molecular formula is C14H21BrClNS. The maximum absolute atomic E-state index is 6.14. The molecule has 1 aliphatic rings. The van der Waals surface area contributed by atoms with Gasteiger partial charge in [-0.2, -0.15) is 0 Å². The van der Waals surface area contributed by atoms with Gasteiger partial charge in [-0.1, -0.05) is 50.1 Å². The van der Waals surface area contributed by atoms with E-state index in [2.05, 4.69) is 34.4 Å². The zero-order valence-electron chi connectivity index (χ0n) is 10.8. The van der Waals surface area contributed by atoms with Crippen LogP contribution in [0.15, 0.2) is 10.5 Å². The molecule has 1 fully saturated rings. The van der Waals surface area contributed by atoms with Gasteiger partial charge in [0.1, 0.15) is 4.34 Å². The van der Waals surface area contributed by atoms with E-state index in [-0.39, 0.29) is 0 Å². The quantitative estimate of drug-likeness (QED) is 0.678. The fraction of sp³-hybridized carbons (Fsp3) is 0.714. The van der Waals surface area contributed by atoms with E-state index in [9.17, 15) is 0 Å². The molecule has 1 unspecified atom stereocenters. The van der Waals surface area contributed by atoms with Gasteiger partial charge in [-0.15, -0.1) is 11.3 Å². The lowest BCUT2D eigenvalue weighted by Gasteiger charge is -2.21. The molecular weight excluding hydrogens is 330 g/mol. The lowest BCUT2D eigenvalue weighted by atomic mass is 9.92. The highest BCUT2D eigenvalue weighted by atomic mass is 79.9. The van der Waals surface area contributed by atoms with Crippen molar-refractivity contribution in [1.82, 2.24) is 5.32 Å². The number of rotatable bonds is 4. The van der Waals surface area contributed by atoms with E-state index in [1.165, 1.54) is 49.8 Å². The van der Waals surface area contributed by atoms with Gasteiger partial charge in [0.05, 0.1) is 0 Å². The summed E-state index contributed by atoms with van der Waals surface area (Å²) in [6.07, 6.45) is 9.73. The largest absolute Gasteiger partial charge is 0.312 e. The summed E-state index contributed by atoms with van der Waals surface area (Å²) in [7, 11) is 2.06. The molecule has 2 rings (SSSR count). The molecule has 18 heavy (non-hydrogen) atoms. The molecule has 1 aliphatic carbocycles. The maximum Gasteiger partial charge on any atom is 0.107 e. The lowest BCUT2D eigenvalue weighted by molar-refractivity contribution is 0.370. The van der Waals surface area contributed by atoms with Crippen molar-refractivity contribution < 1.29 is 0 Å². The second-order valence-corrected chi connectivity index (χ2v) is 7.75. The summed E-state index contributed by atoms with van der Waals surface area (Å²) in [5, 5.41) is 3.46. The van der Waals surface area contributed by atoms with Crippen LogP contribution in [0, 0.1) is 5.92 Å². The Hall–Kier alpha value is 0.430. The van der Waals surface area contributed by atoms with Crippen LogP contribution in [0.4, 0.5) is 0 Å². The van der Waals surface area contributed by atoms with Crippen molar-refractivity contribution in [3.63, 3.8) is 0 Å². The van der Waals surface area contributed by atoms with E-state index >= 15 is 0 Å². The Morgan fingerprint density at radius 1 is 1.39 bits per heavy atom. The molecule has 0 aromatic carbocycles. The Morgan fingerprint density at radius 2 is 2.06 bits per heavy atom. The van der Waals surface area contributed by atoms with Crippen molar-refractivity contribution in [2.24, 2.45) is 5.92 Å². The number of nitrogens with one attached hydrogen (secondary N) is 1. The second kappa shape index (κ2) is 7.28. The van der Waals surface area contributed by atoms with Crippen molar-refractivity contribution in [1.29, 1.82) is 0 Å². The Labute approximate surface area is 127 Å². The second-order valence-electron chi connectivity index (χ2n) is 5.20. The zero-order chi connectivity index (χ0) is 13.0. The van der Waals surface area contributed by atoms with Gasteiger partial charge in [0.2, 0.25) is 0 Å². The Balaban J connectivity index is 1.99. The predicted octanol–water partition coefficient (Wildman–Crippen LogP) is 5.79. The molecule has 1 saturated carbocycles. The van der Waals surface area contributed by atoms with Crippen LogP contribution in [-0.4, -0.2) is 7.05 Å². The fourth-order valence-corrected chi connectivity index (χ4v) is 4.70. The van der Waals surface area contributed by atoms with Gasteiger partial charge in [0.25, 0.3) is 0 Å². The van der Waals surface area contributed by atoms with E-state index in [4.69, 9.17) is 11.6 Å². The van der Waals surface area contributed by atoms with Crippen LogP contribution >= 0.6 is 38.9 Å².